The monoisotopic (exact) mass is 299 g/mol. The maximum atomic E-state index is 10.6. The summed E-state index contributed by atoms with van der Waals surface area (Å²) in [6.07, 6.45) is 0. The van der Waals surface area contributed by atoms with Gasteiger partial charge in [0.25, 0.3) is 0 Å². The van der Waals surface area contributed by atoms with Crippen molar-refractivity contribution in [2.75, 3.05) is 6.61 Å². The van der Waals surface area contributed by atoms with E-state index in [9.17, 15) is 9.59 Å². The highest BCUT2D eigenvalue weighted by atomic mass is 35.5. The summed E-state index contributed by atoms with van der Waals surface area (Å²) in [5.74, 6) is -1.06. The Morgan fingerprint density at radius 2 is 1.80 bits per heavy atom. The minimum Gasteiger partial charge on any atom is -0.465 e. The Hall–Kier alpha value is -1.93. The highest BCUT2D eigenvalue weighted by Crippen LogP contribution is 2.07. The molecule has 20 heavy (non-hydrogen) atoms. The summed E-state index contributed by atoms with van der Waals surface area (Å²) in [5.41, 5.74) is 0.590. The molecular weight excluding hydrogens is 280 g/mol. The fourth-order valence-electron chi connectivity index (χ4n) is 0.876. The number of benzene rings is 1. The lowest BCUT2D eigenvalue weighted by atomic mass is 10.3. The number of diazo groups is 1. The van der Waals surface area contributed by atoms with E-state index in [2.05, 4.69) is 9.71 Å². The van der Waals surface area contributed by atoms with Crippen LogP contribution in [0.2, 0.25) is 0 Å². The number of hydrogen-bond donors (Lipinski definition) is 0. The van der Waals surface area contributed by atoms with Crippen LogP contribution in [0.15, 0.2) is 30.3 Å². The standard InChI is InChI=1S/C6H9ClO3.C6H5N2.C2H6/c1-3-10-6(9)5(7)4(2)8;7-8-6-4-2-1-3-5-6;1-2/h5H,3H2,1-2H3;1-5H;1-2H3/q;+1;. The average molecular weight is 300 g/mol. The molecule has 0 saturated carbocycles. The van der Waals surface area contributed by atoms with Gasteiger partial charge in [-0.15, -0.1) is 11.6 Å². The van der Waals surface area contributed by atoms with Gasteiger partial charge in [0.05, 0.1) is 6.61 Å². The molecule has 1 atom stereocenters. The van der Waals surface area contributed by atoms with E-state index in [1.54, 1.807) is 19.1 Å². The van der Waals surface area contributed by atoms with Crippen molar-refractivity contribution in [2.24, 2.45) is 0 Å². The number of carbonyl (C=O) groups is 2. The third-order valence-corrected chi connectivity index (χ3v) is 2.21. The van der Waals surface area contributed by atoms with Gasteiger partial charge in [0, 0.05) is 12.1 Å². The summed E-state index contributed by atoms with van der Waals surface area (Å²) in [6, 6.07) is 8.94. The number of alkyl halides is 1. The Balaban J connectivity index is 0. The zero-order valence-electron chi connectivity index (χ0n) is 12.2. The molecule has 1 aromatic carbocycles. The van der Waals surface area contributed by atoms with E-state index in [4.69, 9.17) is 17.0 Å². The third-order valence-electron chi connectivity index (χ3n) is 1.72. The molecule has 1 rings (SSSR count). The largest absolute Gasteiger partial charge is 0.465 e. The number of Topliss-reactive ketones (excluding diaryl/α,β-unsaturated/α-hetero) is 1. The Kier molecular flexibility index (Phi) is 13.8. The fraction of sp³-hybridized carbons (Fsp3) is 0.429. The molecule has 0 N–H and O–H groups in total. The predicted molar refractivity (Wildman–Crippen MR) is 79.5 cm³/mol. The summed E-state index contributed by atoms with van der Waals surface area (Å²) < 4.78 is 4.47. The maximum Gasteiger partial charge on any atom is 0.385 e. The zero-order chi connectivity index (χ0) is 16.0. The second-order valence-electron chi connectivity index (χ2n) is 3.16. The topological polar surface area (TPSA) is 71.5 Å². The van der Waals surface area contributed by atoms with Gasteiger partial charge in [-0.05, 0) is 13.8 Å². The van der Waals surface area contributed by atoms with Gasteiger partial charge in [0.1, 0.15) is 0 Å². The van der Waals surface area contributed by atoms with Crippen molar-refractivity contribution < 1.29 is 14.3 Å². The zero-order valence-corrected chi connectivity index (χ0v) is 12.9. The summed E-state index contributed by atoms with van der Waals surface area (Å²) in [5, 5.41) is 7.02. The summed E-state index contributed by atoms with van der Waals surface area (Å²) in [4.78, 5) is 24.0. The molecule has 1 unspecified atom stereocenters. The second kappa shape index (κ2) is 13.5. The first kappa shape index (κ1) is 20.4. The maximum absolute atomic E-state index is 10.6. The molecule has 5 nitrogen and oxygen atoms in total. The first-order valence-electron chi connectivity index (χ1n) is 6.24. The molecule has 0 bridgehead atoms. The van der Waals surface area contributed by atoms with Gasteiger partial charge in [0.2, 0.25) is 5.39 Å². The number of ether oxygens (including phenoxy) is 1. The van der Waals surface area contributed by atoms with Crippen LogP contribution in [0.3, 0.4) is 0 Å². The minimum atomic E-state index is -1.14. The Morgan fingerprint density at radius 1 is 1.30 bits per heavy atom. The number of nitrogens with zero attached hydrogens (tertiary/aromatic N) is 2. The number of ketones is 1. The van der Waals surface area contributed by atoms with E-state index in [0.29, 0.717) is 5.69 Å². The van der Waals surface area contributed by atoms with Gasteiger partial charge < -0.3 is 4.74 Å². The van der Waals surface area contributed by atoms with E-state index in [-0.39, 0.29) is 12.4 Å². The molecule has 0 fully saturated rings. The molecule has 110 valence electrons. The van der Waals surface area contributed by atoms with Gasteiger partial charge in [-0.25, -0.2) is 4.79 Å². The van der Waals surface area contributed by atoms with Crippen LogP contribution < -0.4 is 0 Å². The molecule has 0 heterocycles. The summed E-state index contributed by atoms with van der Waals surface area (Å²) >= 11 is 5.32. The van der Waals surface area contributed by atoms with Crippen molar-refractivity contribution >= 4 is 29.0 Å². The van der Waals surface area contributed by atoms with Crippen LogP contribution in [-0.2, 0) is 14.3 Å². The van der Waals surface area contributed by atoms with Crippen molar-refractivity contribution in [2.45, 2.75) is 33.1 Å². The van der Waals surface area contributed by atoms with Crippen LogP contribution in [0.1, 0.15) is 27.7 Å². The van der Waals surface area contributed by atoms with Gasteiger partial charge >= 0.3 is 11.7 Å². The van der Waals surface area contributed by atoms with Crippen LogP contribution in [0.5, 0.6) is 0 Å². The van der Waals surface area contributed by atoms with Crippen LogP contribution in [0.4, 0.5) is 5.69 Å². The van der Waals surface area contributed by atoms with E-state index < -0.39 is 11.3 Å². The molecule has 0 amide bonds. The van der Waals surface area contributed by atoms with Crippen LogP contribution in [0.25, 0.3) is 4.98 Å². The Morgan fingerprint density at radius 3 is 2.10 bits per heavy atom. The second-order valence-corrected chi connectivity index (χ2v) is 3.60. The number of hydrogen-bond acceptors (Lipinski definition) is 4. The molecular formula is C14H20ClN2O3+. The van der Waals surface area contributed by atoms with Crippen LogP contribution in [0, 0.1) is 5.39 Å². The molecule has 0 aliphatic rings. The van der Waals surface area contributed by atoms with E-state index in [0.717, 1.165) is 0 Å². The first-order valence-corrected chi connectivity index (χ1v) is 6.67. The Labute approximate surface area is 124 Å². The first-order chi connectivity index (χ1) is 9.52. The lowest BCUT2D eigenvalue weighted by molar-refractivity contribution is -0.144. The quantitative estimate of drug-likeness (QED) is 0.367. The molecule has 0 aliphatic carbocycles. The molecule has 0 aliphatic heterocycles. The van der Waals surface area contributed by atoms with E-state index in [1.165, 1.54) is 6.92 Å². The van der Waals surface area contributed by atoms with E-state index in [1.807, 2.05) is 32.0 Å². The van der Waals surface area contributed by atoms with Crippen LogP contribution in [-0.4, -0.2) is 23.7 Å². The van der Waals surface area contributed by atoms with Crippen molar-refractivity contribution in [3.05, 3.63) is 35.3 Å². The number of esters is 1. The van der Waals surface area contributed by atoms with Crippen molar-refractivity contribution in [1.29, 1.82) is 5.39 Å². The average Bonchev–Trinajstić information content (AvgIpc) is 2.50. The van der Waals surface area contributed by atoms with Crippen LogP contribution >= 0.6 is 11.6 Å². The third kappa shape index (κ3) is 10.0. The normalized spacial score (nSPS) is 9.60. The smallest absolute Gasteiger partial charge is 0.385 e. The SMILES string of the molecule is CC.CCOC(=O)C(Cl)C(C)=O.N#[N+]c1ccccc1. The van der Waals surface area contributed by atoms with Crippen molar-refractivity contribution in [1.82, 2.24) is 0 Å². The minimum absolute atomic E-state index is 0.245. The molecule has 0 saturated heterocycles. The van der Waals surface area contributed by atoms with Crippen molar-refractivity contribution in [3.8, 4) is 0 Å². The molecule has 0 radical (unpaired) electrons. The van der Waals surface area contributed by atoms with Gasteiger partial charge in [0.15, 0.2) is 16.1 Å². The lowest BCUT2D eigenvalue weighted by Gasteiger charge is -2.03. The Bertz CT molecular complexity index is 430. The highest BCUT2D eigenvalue weighted by Gasteiger charge is 2.20. The predicted octanol–water partition coefficient (Wildman–Crippen LogP) is 3.94. The van der Waals surface area contributed by atoms with E-state index >= 15 is 0 Å². The molecule has 6 heteroatoms. The summed E-state index contributed by atoms with van der Waals surface area (Å²) in [7, 11) is 0. The number of rotatable bonds is 3. The number of halogens is 1. The van der Waals surface area contributed by atoms with Gasteiger partial charge in [-0.1, -0.05) is 32.0 Å². The number of carbonyl (C=O) groups excluding carboxylic acids is 2. The summed E-state index contributed by atoms with van der Waals surface area (Å²) in [6.45, 7) is 7.14. The molecule has 1 aromatic rings. The van der Waals surface area contributed by atoms with Gasteiger partial charge in [-0.3, -0.25) is 4.79 Å². The van der Waals surface area contributed by atoms with Crippen molar-refractivity contribution in [3.63, 3.8) is 0 Å². The lowest BCUT2D eigenvalue weighted by Crippen LogP contribution is -2.24. The van der Waals surface area contributed by atoms with Gasteiger partial charge in [-0.2, -0.15) is 0 Å². The fourth-order valence-corrected chi connectivity index (χ4v) is 0.939. The molecule has 0 spiro atoms. The molecule has 0 aromatic heterocycles. The highest BCUT2D eigenvalue weighted by molar-refractivity contribution is 6.40.